The van der Waals surface area contributed by atoms with E-state index in [1.165, 1.54) is 17.1 Å². The van der Waals surface area contributed by atoms with Crippen molar-refractivity contribution in [3.63, 3.8) is 0 Å². The summed E-state index contributed by atoms with van der Waals surface area (Å²) in [5, 5.41) is 30.7. The van der Waals surface area contributed by atoms with Crippen molar-refractivity contribution in [1.82, 2.24) is 30.4 Å². The van der Waals surface area contributed by atoms with Crippen LogP contribution in [0, 0.1) is 11.3 Å². The number of carbonyl (C=O) groups is 2. The fourth-order valence-corrected chi connectivity index (χ4v) is 3.70. The number of fused-ring (bicyclic) bond motifs is 1. The average Bonchev–Trinajstić information content (AvgIpc) is 3.69. The van der Waals surface area contributed by atoms with E-state index in [1.54, 1.807) is 18.3 Å². The number of nitrogens with zero attached hydrogens (tertiary/aromatic N) is 5. The third kappa shape index (κ3) is 9.07. The van der Waals surface area contributed by atoms with Gasteiger partial charge in [0.15, 0.2) is 11.5 Å². The third-order valence-corrected chi connectivity index (χ3v) is 5.87. The zero-order valence-corrected chi connectivity index (χ0v) is 22.2. The van der Waals surface area contributed by atoms with Crippen LogP contribution in [0.15, 0.2) is 30.7 Å². The molecule has 1 unspecified atom stereocenters. The van der Waals surface area contributed by atoms with Gasteiger partial charge in [-0.1, -0.05) is 0 Å². The Bertz CT molecular complexity index is 1380. The number of ether oxygens (including phenoxy) is 3. The molecular weight excluding hydrogens is 539 g/mol. The summed E-state index contributed by atoms with van der Waals surface area (Å²) in [6.07, 6.45) is 3.90. The molecule has 4 N–H and O–H groups in total. The lowest BCUT2D eigenvalue weighted by Gasteiger charge is -2.15. The molecule has 4 rings (SSSR count). The standard InChI is InChI=1S/C26H31FN8O6/c27-19(16-41-8-7-40-6-5-39-4-3-29-26(37)38)14-32-25(36)21-15-30-23(10-22(21)34-20-1-2-20)35-24-18(13-33-35)9-17(11-28)12-31-24/h9-10,12-13,15,19-20,29H,1-8,14,16H2,(H,30,34)(H,32,36)(H,37,38). The van der Waals surface area contributed by atoms with Gasteiger partial charge in [-0.25, -0.2) is 19.2 Å². The summed E-state index contributed by atoms with van der Waals surface area (Å²) in [5.41, 5.74) is 1.78. The first-order valence-corrected chi connectivity index (χ1v) is 13.1. The van der Waals surface area contributed by atoms with Crippen molar-refractivity contribution < 1.29 is 33.3 Å². The van der Waals surface area contributed by atoms with Gasteiger partial charge >= 0.3 is 6.09 Å². The fraction of sp³-hybridized carbons (Fsp3) is 0.462. The zero-order valence-electron chi connectivity index (χ0n) is 22.2. The first kappa shape index (κ1) is 29.6. The van der Waals surface area contributed by atoms with Crippen molar-refractivity contribution in [2.45, 2.75) is 25.1 Å². The van der Waals surface area contributed by atoms with Gasteiger partial charge in [0.2, 0.25) is 0 Å². The van der Waals surface area contributed by atoms with Crippen molar-refractivity contribution >= 4 is 28.7 Å². The minimum absolute atomic E-state index is 0.171. The maximum absolute atomic E-state index is 14.3. The number of alkyl halides is 1. The molecule has 41 heavy (non-hydrogen) atoms. The van der Waals surface area contributed by atoms with Crippen LogP contribution in [0.4, 0.5) is 14.9 Å². The Morgan fingerprint density at radius 2 is 1.83 bits per heavy atom. The number of aromatic nitrogens is 4. The van der Waals surface area contributed by atoms with E-state index in [4.69, 9.17) is 24.6 Å². The number of pyridine rings is 2. The van der Waals surface area contributed by atoms with Crippen LogP contribution in [0.3, 0.4) is 0 Å². The number of amides is 2. The van der Waals surface area contributed by atoms with Gasteiger partial charge < -0.3 is 35.3 Å². The molecular formula is C26H31FN8O6. The van der Waals surface area contributed by atoms with E-state index in [2.05, 4.69) is 31.0 Å². The van der Waals surface area contributed by atoms with E-state index in [0.29, 0.717) is 41.3 Å². The minimum Gasteiger partial charge on any atom is -0.465 e. The topological polar surface area (TPSA) is 186 Å². The van der Waals surface area contributed by atoms with Crippen LogP contribution in [0.1, 0.15) is 28.8 Å². The maximum Gasteiger partial charge on any atom is 0.404 e. The largest absolute Gasteiger partial charge is 0.465 e. The average molecular weight is 571 g/mol. The first-order chi connectivity index (χ1) is 19.9. The highest BCUT2D eigenvalue weighted by molar-refractivity contribution is 5.99. The molecule has 1 aliphatic carbocycles. The molecule has 1 saturated carbocycles. The van der Waals surface area contributed by atoms with Crippen molar-refractivity contribution in [3.8, 4) is 11.9 Å². The Hall–Kier alpha value is -4.39. The highest BCUT2D eigenvalue weighted by atomic mass is 19.1. The minimum atomic E-state index is -1.42. The Labute approximate surface area is 234 Å². The van der Waals surface area contributed by atoms with Crippen LogP contribution < -0.4 is 16.0 Å². The van der Waals surface area contributed by atoms with Crippen LogP contribution in [0.5, 0.6) is 0 Å². The van der Waals surface area contributed by atoms with Crippen molar-refractivity contribution in [1.29, 1.82) is 5.26 Å². The van der Waals surface area contributed by atoms with Gasteiger partial charge in [-0.3, -0.25) is 4.79 Å². The zero-order chi connectivity index (χ0) is 29.0. The number of carbonyl (C=O) groups excluding carboxylic acids is 1. The predicted molar refractivity (Wildman–Crippen MR) is 144 cm³/mol. The highest BCUT2D eigenvalue weighted by Crippen LogP contribution is 2.28. The number of carboxylic acid groups (broad SMARTS) is 1. The Morgan fingerprint density at radius 3 is 2.56 bits per heavy atom. The van der Waals surface area contributed by atoms with Gasteiger partial charge in [0, 0.05) is 36.4 Å². The van der Waals surface area contributed by atoms with Crippen LogP contribution in [0.25, 0.3) is 16.9 Å². The molecule has 1 atom stereocenters. The summed E-state index contributed by atoms with van der Waals surface area (Å²) in [6.45, 7) is 0.990. The summed E-state index contributed by atoms with van der Waals surface area (Å²) < 4.78 is 31.6. The second-order valence-electron chi connectivity index (χ2n) is 9.15. The molecule has 2 amide bonds. The van der Waals surface area contributed by atoms with Gasteiger partial charge in [0.25, 0.3) is 5.91 Å². The molecule has 218 valence electrons. The molecule has 0 spiro atoms. The second kappa shape index (κ2) is 14.8. The monoisotopic (exact) mass is 570 g/mol. The van der Waals surface area contributed by atoms with Gasteiger partial charge in [0.05, 0.1) is 69.2 Å². The summed E-state index contributed by atoms with van der Waals surface area (Å²) in [5.74, 6) is -0.0310. The summed E-state index contributed by atoms with van der Waals surface area (Å²) in [7, 11) is 0. The predicted octanol–water partition coefficient (Wildman–Crippen LogP) is 1.65. The van der Waals surface area contributed by atoms with Gasteiger partial charge in [-0.2, -0.15) is 15.0 Å². The number of halogens is 1. The SMILES string of the molecule is N#Cc1cnc2c(cnn2-c2cc(NC3CC3)c(C(=O)NCC(F)COCCOCCOCCNC(=O)O)cn2)c1. The lowest BCUT2D eigenvalue weighted by atomic mass is 10.2. The van der Waals surface area contributed by atoms with Gasteiger partial charge in [-0.15, -0.1) is 0 Å². The highest BCUT2D eigenvalue weighted by Gasteiger charge is 2.25. The van der Waals surface area contributed by atoms with Crippen LogP contribution in [0.2, 0.25) is 0 Å². The lowest BCUT2D eigenvalue weighted by molar-refractivity contribution is 0.00438. The summed E-state index contributed by atoms with van der Waals surface area (Å²) in [6, 6.07) is 5.68. The summed E-state index contributed by atoms with van der Waals surface area (Å²) >= 11 is 0. The number of rotatable bonds is 17. The van der Waals surface area contributed by atoms with Crippen molar-refractivity contribution in [2.75, 3.05) is 58.0 Å². The molecule has 14 nitrogen and oxygen atoms in total. The molecule has 1 aliphatic rings. The van der Waals surface area contributed by atoms with Crippen molar-refractivity contribution in [2.24, 2.45) is 0 Å². The van der Waals surface area contributed by atoms with E-state index in [9.17, 15) is 14.0 Å². The third-order valence-electron chi connectivity index (χ3n) is 5.87. The molecule has 3 heterocycles. The quantitative estimate of drug-likeness (QED) is 0.173. The van der Waals surface area contributed by atoms with Crippen LogP contribution in [-0.4, -0.2) is 102 Å². The van der Waals surface area contributed by atoms with E-state index in [0.717, 1.165) is 12.8 Å². The Kier molecular flexibility index (Phi) is 10.7. The van der Waals surface area contributed by atoms with Crippen LogP contribution in [-0.2, 0) is 14.2 Å². The lowest BCUT2D eigenvalue weighted by Crippen LogP contribution is -2.33. The smallest absolute Gasteiger partial charge is 0.404 e. The first-order valence-electron chi connectivity index (χ1n) is 13.1. The number of hydrogen-bond acceptors (Lipinski definition) is 10. The van der Waals surface area contributed by atoms with Crippen LogP contribution >= 0.6 is 0 Å². The Balaban J connectivity index is 1.22. The van der Waals surface area contributed by atoms with E-state index < -0.39 is 18.2 Å². The molecule has 0 saturated heterocycles. The molecule has 15 heteroatoms. The normalized spacial score (nSPS) is 13.5. The maximum atomic E-state index is 14.3. The van der Waals surface area contributed by atoms with E-state index in [-0.39, 0.29) is 51.1 Å². The molecule has 0 aromatic carbocycles. The summed E-state index contributed by atoms with van der Waals surface area (Å²) in [4.78, 5) is 31.9. The number of anilines is 1. The Morgan fingerprint density at radius 1 is 1.07 bits per heavy atom. The number of nitriles is 1. The van der Waals surface area contributed by atoms with E-state index in [1.807, 2.05) is 6.07 Å². The molecule has 0 radical (unpaired) electrons. The molecule has 3 aromatic rings. The fourth-order valence-electron chi connectivity index (χ4n) is 3.70. The number of nitrogens with one attached hydrogen (secondary N) is 3. The number of hydrogen-bond donors (Lipinski definition) is 4. The molecule has 0 bridgehead atoms. The van der Waals surface area contributed by atoms with E-state index >= 15 is 0 Å². The van der Waals surface area contributed by atoms with Gasteiger partial charge in [-0.05, 0) is 18.9 Å². The van der Waals surface area contributed by atoms with Gasteiger partial charge in [0.1, 0.15) is 12.2 Å². The molecule has 3 aromatic heterocycles. The molecule has 1 fully saturated rings. The van der Waals surface area contributed by atoms with Crippen molar-refractivity contribution in [3.05, 3.63) is 41.9 Å². The molecule has 0 aliphatic heterocycles. The second-order valence-corrected chi connectivity index (χ2v) is 9.15.